The highest BCUT2D eigenvalue weighted by Crippen LogP contribution is 2.37. The van der Waals surface area contributed by atoms with Gasteiger partial charge in [-0.3, -0.25) is 19.5 Å². The van der Waals surface area contributed by atoms with Gasteiger partial charge >= 0.3 is 5.97 Å². The summed E-state index contributed by atoms with van der Waals surface area (Å²) in [5, 5.41) is 10.6. The Bertz CT molecular complexity index is 1760. The highest BCUT2D eigenvalue weighted by atomic mass is 35.5. The largest absolute Gasteiger partial charge is 0.493 e. The Kier molecular flexibility index (Phi) is 13.3. The van der Waals surface area contributed by atoms with Gasteiger partial charge in [-0.25, -0.2) is 4.79 Å². The van der Waals surface area contributed by atoms with Gasteiger partial charge in [0, 0.05) is 67.0 Å². The Balaban J connectivity index is 1.13. The van der Waals surface area contributed by atoms with E-state index < -0.39 is 5.97 Å². The highest BCUT2D eigenvalue weighted by molar-refractivity contribution is 8.26. The SMILES string of the molecule is O=C(O)c1ccc(OCCCN2C(=O)C(=Cc3cc(-c4cc(Cl)cc(Cl)c4)ccc3OCCN3CCOCC3)SC2=S)c(CN2CCOCC2)c1. The van der Waals surface area contributed by atoms with Crippen LogP contribution in [0.5, 0.6) is 11.5 Å². The molecular formula is C37H39Cl2N3O7S2. The number of amides is 1. The van der Waals surface area contributed by atoms with Gasteiger partial charge in [0.1, 0.15) is 22.4 Å². The van der Waals surface area contributed by atoms with E-state index in [9.17, 15) is 14.7 Å². The molecule has 3 aromatic rings. The Labute approximate surface area is 317 Å². The molecule has 3 aliphatic heterocycles. The minimum atomic E-state index is -0.987. The van der Waals surface area contributed by atoms with E-state index in [1.54, 1.807) is 29.2 Å². The standard InChI is InChI=1S/C37H39Cl2N3O7S2/c38-30-20-27(21-31(39)23-30)25-2-4-32(49-17-11-40-7-13-46-14-8-40)28(18-25)22-34-35(43)42(37(50)51-34)6-1-12-48-33-5-3-26(36(44)45)19-29(33)24-41-9-15-47-16-10-41/h2-5,18-23H,1,6-17,24H2,(H,44,45). The number of benzene rings is 3. The maximum Gasteiger partial charge on any atom is 0.335 e. The summed E-state index contributed by atoms with van der Waals surface area (Å²) in [7, 11) is 0. The molecule has 0 aromatic heterocycles. The molecule has 1 amide bonds. The van der Waals surface area contributed by atoms with E-state index in [4.69, 9.17) is 54.4 Å². The maximum atomic E-state index is 13.7. The van der Waals surface area contributed by atoms with Gasteiger partial charge < -0.3 is 24.1 Å². The van der Waals surface area contributed by atoms with Crippen LogP contribution in [0.1, 0.15) is 27.9 Å². The third kappa shape index (κ3) is 10.2. The minimum absolute atomic E-state index is 0.181. The first-order valence-electron chi connectivity index (χ1n) is 16.8. The second kappa shape index (κ2) is 18.0. The Morgan fingerprint density at radius 3 is 2.22 bits per heavy atom. The predicted octanol–water partition coefficient (Wildman–Crippen LogP) is 6.57. The number of morpholine rings is 2. The summed E-state index contributed by atoms with van der Waals surface area (Å²) in [6.45, 7) is 8.46. The topological polar surface area (TPSA) is 101 Å². The number of hydrogen-bond donors (Lipinski definition) is 1. The summed E-state index contributed by atoms with van der Waals surface area (Å²) in [5.74, 6) is 0.109. The molecule has 1 N–H and O–H groups in total. The van der Waals surface area contributed by atoms with E-state index >= 15 is 0 Å². The fraction of sp³-hybridized carbons (Fsp3) is 0.378. The van der Waals surface area contributed by atoms with Gasteiger partial charge in [-0.15, -0.1) is 0 Å². The van der Waals surface area contributed by atoms with Crippen LogP contribution in [0.3, 0.4) is 0 Å². The molecule has 3 saturated heterocycles. The van der Waals surface area contributed by atoms with Crippen molar-refractivity contribution in [3.63, 3.8) is 0 Å². The zero-order valence-electron chi connectivity index (χ0n) is 28.0. The molecule has 0 unspecified atom stereocenters. The Morgan fingerprint density at radius 1 is 0.843 bits per heavy atom. The lowest BCUT2D eigenvalue weighted by Crippen LogP contribution is -2.38. The molecule has 0 aliphatic carbocycles. The normalized spacial score (nSPS) is 18.1. The van der Waals surface area contributed by atoms with Gasteiger partial charge in [0.2, 0.25) is 0 Å². The van der Waals surface area contributed by atoms with Gasteiger partial charge in [-0.1, -0.05) is 53.2 Å². The van der Waals surface area contributed by atoms with E-state index in [2.05, 4.69) is 9.80 Å². The average Bonchev–Trinajstić information content (AvgIpc) is 3.38. The molecule has 3 heterocycles. The van der Waals surface area contributed by atoms with E-state index in [0.29, 0.717) is 89.9 Å². The van der Waals surface area contributed by atoms with Crippen molar-refractivity contribution in [2.24, 2.45) is 0 Å². The highest BCUT2D eigenvalue weighted by Gasteiger charge is 2.32. The molecular weight excluding hydrogens is 733 g/mol. The lowest BCUT2D eigenvalue weighted by atomic mass is 10.0. The van der Waals surface area contributed by atoms with Crippen LogP contribution in [0.25, 0.3) is 17.2 Å². The minimum Gasteiger partial charge on any atom is -0.493 e. The molecule has 51 heavy (non-hydrogen) atoms. The van der Waals surface area contributed by atoms with Crippen molar-refractivity contribution in [2.75, 3.05) is 78.9 Å². The number of carboxylic acids is 1. The number of carboxylic acid groups (broad SMARTS) is 1. The van der Waals surface area contributed by atoms with E-state index in [1.807, 2.05) is 36.4 Å². The van der Waals surface area contributed by atoms with Crippen molar-refractivity contribution < 1.29 is 33.6 Å². The Hall–Kier alpha value is -3.20. The number of halogens is 2. The summed E-state index contributed by atoms with van der Waals surface area (Å²) < 4.78 is 23.8. The van der Waals surface area contributed by atoms with Crippen LogP contribution in [0, 0.1) is 0 Å². The molecule has 10 nitrogen and oxygen atoms in total. The number of aromatic carboxylic acids is 1. The molecule has 3 aromatic carbocycles. The van der Waals surface area contributed by atoms with Crippen molar-refractivity contribution in [3.05, 3.63) is 86.2 Å². The molecule has 0 saturated carbocycles. The smallest absolute Gasteiger partial charge is 0.335 e. The fourth-order valence-corrected chi connectivity index (χ4v) is 7.84. The van der Waals surface area contributed by atoms with Crippen molar-refractivity contribution in [3.8, 4) is 22.6 Å². The maximum absolute atomic E-state index is 13.7. The number of thiocarbonyl (C=S) groups is 1. The number of hydrogen-bond acceptors (Lipinski definition) is 10. The Morgan fingerprint density at radius 2 is 1.51 bits per heavy atom. The van der Waals surface area contributed by atoms with Gasteiger partial charge in [-0.05, 0) is 72.2 Å². The lowest BCUT2D eigenvalue weighted by molar-refractivity contribution is -0.122. The number of carbonyl (C=O) groups is 2. The molecule has 0 radical (unpaired) electrons. The number of ether oxygens (including phenoxy) is 4. The third-order valence-electron chi connectivity index (χ3n) is 8.72. The van der Waals surface area contributed by atoms with Crippen molar-refractivity contribution >= 4 is 69.5 Å². The van der Waals surface area contributed by atoms with Crippen molar-refractivity contribution in [1.82, 2.24) is 14.7 Å². The first-order valence-corrected chi connectivity index (χ1v) is 18.8. The van der Waals surface area contributed by atoms with Crippen LogP contribution >= 0.6 is 47.2 Å². The number of thioether (sulfide) groups is 1. The summed E-state index contributed by atoms with van der Waals surface area (Å²) in [5.41, 5.74) is 3.48. The summed E-state index contributed by atoms with van der Waals surface area (Å²) in [6, 6.07) is 16.1. The van der Waals surface area contributed by atoms with Crippen LogP contribution in [0.2, 0.25) is 10.0 Å². The van der Waals surface area contributed by atoms with Crippen LogP contribution in [-0.4, -0.2) is 115 Å². The van der Waals surface area contributed by atoms with Crippen LogP contribution in [0.4, 0.5) is 0 Å². The molecule has 6 rings (SSSR count). The van der Waals surface area contributed by atoms with E-state index in [-0.39, 0.29) is 11.5 Å². The van der Waals surface area contributed by atoms with Gasteiger partial charge in [0.25, 0.3) is 5.91 Å². The monoisotopic (exact) mass is 771 g/mol. The first kappa shape index (κ1) is 37.6. The van der Waals surface area contributed by atoms with Crippen molar-refractivity contribution in [2.45, 2.75) is 13.0 Å². The molecule has 270 valence electrons. The van der Waals surface area contributed by atoms with E-state index in [0.717, 1.165) is 55.0 Å². The fourth-order valence-electron chi connectivity index (χ4n) is 6.02. The molecule has 0 spiro atoms. The van der Waals surface area contributed by atoms with Gasteiger partial charge in [-0.2, -0.15) is 0 Å². The molecule has 14 heteroatoms. The zero-order valence-corrected chi connectivity index (χ0v) is 31.1. The van der Waals surface area contributed by atoms with Gasteiger partial charge in [0.15, 0.2) is 0 Å². The van der Waals surface area contributed by atoms with Crippen LogP contribution < -0.4 is 9.47 Å². The summed E-state index contributed by atoms with van der Waals surface area (Å²) in [4.78, 5) is 31.9. The summed E-state index contributed by atoms with van der Waals surface area (Å²) >= 11 is 19.5. The summed E-state index contributed by atoms with van der Waals surface area (Å²) in [6.07, 6.45) is 2.36. The second-order valence-electron chi connectivity index (χ2n) is 12.3. The molecule has 0 bridgehead atoms. The predicted molar refractivity (Wildman–Crippen MR) is 204 cm³/mol. The second-order valence-corrected chi connectivity index (χ2v) is 14.8. The molecule has 3 aliphatic rings. The first-order chi connectivity index (χ1) is 24.7. The number of rotatable bonds is 14. The van der Waals surface area contributed by atoms with Crippen LogP contribution in [-0.2, 0) is 20.8 Å². The molecule has 0 atom stereocenters. The van der Waals surface area contributed by atoms with E-state index in [1.165, 1.54) is 11.8 Å². The number of carbonyl (C=O) groups excluding carboxylic acids is 1. The third-order valence-corrected chi connectivity index (χ3v) is 10.5. The van der Waals surface area contributed by atoms with Crippen LogP contribution in [0.15, 0.2) is 59.5 Å². The molecule has 3 fully saturated rings. The quantitative estimate of drug-likeness (QED) is 0.109. The van der Waals surface area contributed by atoms with Gasteiger partial charge in [0.05, 0.1) is 43.5 Å². The average molecular weight is 773 g/mol. The zero-order chi connectivity index (χ0) is 35.7. The van der Waals surface area contributed by atoms with Crippen molar-refractivity contribution in [1.29, 1.82) is 0 Å². The lowest BCUT2D eigenvalue weighted by Gasteiger charge is -2.27. The number of nitrogens with zero attached hydrogens (tertiary/aromatic N) is 3.